The first-order valence-corrected chi connectivity index (χ1v) is 7.65. The largest absolute Gasteiger partial charge is 0.489 e. The first-order chi connectivity index (χ1) is 10.5. The van der Waals surface area contributed by atoms with Gasteiger partial charge in [0.15, 0.2) is 0 Å². The Morgan fingerprint density at radius 3 is 2.68 bits per heavy atom. The van der Waals surface area contributed by atoms with E-state index >= 15 is 0 Å². The highest BCUT2D eigenvalue weighted by Gasteiger charge is 2.09. The molecule has 116 valence electrons. The number of rotatable bonds is 6. The molecule has 0 aliphatic heterocycles. The Morgan fingerprint density at radius 2 is 2.00 bits per heavy atom. The maximum absolute atomic E-state index is 10.9. The molecule has 0 radical (unpaired) electrons. The number of carboxylic acid groups (broad SMARTS) is 1. The number of hydrogen-bond acceptors (Lipinski definition) is 3. The lowest BCUT2D eigenvalue weighted by Gasteiger charge is -2.12. The average Bonchev–Trinajstić information content (AvgIpc) is 2.45. The van der Waals surface area contributed by atoms with Gasteiger partial charge in [0.25, 0.3) is 0 Å². The van der Waals surface area contributed by atoms with E-state index < -0.39 is 12.1 Å². The summed E-state index contributed by atoms with van der Waals surface area (Å²) >= 11 is 3.41. The van der Waals surface area contributed by atoms with Crippen LogP contribution in [0.1, 0.15) is 29.7 Å². The van der Waals surface area contributed by atoms with Crippen LogP contribution in [0.5, 0.6) is 5.75 Å². The average molecular weight is 365 g/mol. The minimum atomic E-state index is -0.894. The van der Waals surface area contributed by atoms with Crippen molar-refractivity contribution >= 4 is 21.9 Å². The molecule has 4 nitrogen and oxygen atoms in total. The molecule has 2 N–H and O–H groups in total. The molecule has 1 unspecified atom stereocenters. The molecule has 0 aromatic heterocycles. The summed E-state index contributed by atoms with van der Waals surface area (Å²) in [5.74, 6) is -0.335. The van der Waals surface area contributed by atoms with Crippen LogP contribution in [0.4, 0.5) is 0 Å². The summed E-state index contributed by atoms with van der Waals surface area (Å²) in [6.07, 6.45) is -0.635. The van der Waals surface area contributed by atoms with Crippen LogP contribution < -0.4 is 4.74 Å². The molecule has 5 heteroatoms. The number of carboxylic acids is 1. The van der Waals surface area contributed by atoms with Gasteiger partial charge in [0.1, 0.15) is 12.4 Å². The smallest absolute Gasteiger partial charge is 0.307 e. The van der Waals surface area contributed by atoms with Gasteiger partial charge in [-0.3, -0.25) is 4.79 Å². The monoisotopic (exact) mass is 364 g/mol. The lowest BCUT2D eigenvalue weighted by Crippen LogP contribution is -2.04. The molecule has 0 saturated carbocycles. The van der Waals surface area contributed by atoms with Gasteiger partial charge in [-0.2, -0.15) is 0 Å². The molecule has 0 saturated heterocycles. The van der Waals surface area contributed by atoms with Crippen LogP contribution in [0, 0.1) is 0 Å². The number of aliphatic hydroxyl groups excluding tert-OH is 1. The number of benzene rings is 2. The van der Waals surface area contributed by atoms with Crippen LogP contribution in [0.3, 0.4) is 0 Å². The van der Waals surface area contributed by atoms with Crippen molar-refractivity contribution in [3.8, 4) is 5.75 Å². The van der Waals surface area contributed by atoms with Crippen molar-refractivity contribution < 1.29 is 19.7 Å². The molecule has 0 amide bonds. The van der Waals surface area contributed by atoms with Gasteiger partial charge < -0.3 is 14.9 Å². The second-order valence-electron chi connectivity index (χ2n) is 5.04. The summed E-state index contributed by atoms with van der Waals surface area (Å²) < 4.78 is 6.61. The second kappa shape index (κ2) is 7.42. The Morgan fingerprint density at radius 1 is 1.27 bits per heavy atom. The van der Waals surface area contributed by atoms with E-state index in [1.807, 2.05) is 24.3 Å². The zero-order valence-corrected chi connectivity index (χ0v) is 13.7. The number of halogens is 1. The van der Waals surface area contributed by atoms with Gasteiger partial charge in [0, 0.05) is 10.0 Å². The second-order valence-corrected chi connectivity index (χ2v) is 5.95. The molecule has 0 aliphatic rings. The summed E-state index contributed by atoms with van der Waals surface area (Å²) in [6, 6.07) is 12.7. The van der Waals surface area contributed by atoms with Crippen LogP contribution in [-0.2, 0) is 17.8 Å². The Labute approximate surface area is 137 Å². The van der Waals surface area contributed by atoms with E-state index in [9.17, 15) is 9.90 Å². The fourth-order valence-electron chi connectivity index (χ4n) is 2.11. The van der Waals surface area contributed by atoms with Gasteiger partial charge in [0.2, 0.25) is 0 Å². The first kappa shape index (κ1) is 16.5. The normalized spacial score (nSPS) is 12.0. The Kier molecular flexibility index (Phi) is 5.57. The fourth-order valence-corrected chi connectivity index (χ4v) is 2.67. The Bertz CT molecular complexity index is 667. The van der Waals surface area contributed by atoms with E-state index in [1.54, 1.807) is 25.1 Å². The molecule has 0 heterocycles. The highest BCUT2D eigenvalue weighted by atomic mass is 79.9. The minimum Gasteiger partial charge on any atom is -0.489 e. The molecule has 0 spiro atoms. The maximum atomic E-state index is 10.9. The summed E-state index contributed by atoms with van der Waals surface area (Å²) in [7, 11) is 0. The highest BCUT2D eigenvalue weighted by molar-refractivity contribution is 9.10. The molecule has 0 aliphatic carbocycles. The van der Waals surface area contributed by atoms with Gasteiger partial charge >= 0.3 is 5.97 Å². The SMILES string of the molecule is CC(O)c1cc(Br)cc(COc2ccccc2CC(=O)O)c1. The molecular weight excluding hydrogens is 348 g/mol. The zero-order chi connectivity index (χ0) is 16.1. The predicted octanol–water partition coefficient (Wildman–Crippen LogP) is 3.71. The van der Waals surface area contributed by atoms with E-state index in [-0.39, 0.29) is 6.42 Å². The standard InChI is InChI=1S/C17H17BrO4/c1-11(19)14-6-12(7-15(18)8-14)10-22-16-5-3-2-4-13(16)9-17(20)21/h2-8,11,19H,9-10H2,1H3,(H,20,21). The van der Waals surface area contributed by atoms with Gasteiger partial charge in [0.05, 0.1) is 12.5 Å². The number of carbonyl (C=O) groups is 1. The number of para-hydroxylation sites is 1. The molecule has 22 heavy (non-hydrogen) atoms. The first-order valence-electron chi connectivity index (χ1n) is 6.85. The predicted molar refractivity (Wildman–Crippen MR) is 86.9 cm³/mol. The number of aliphatic carboxylic acids is 1. The maximum Gasteiger partial charge on any atom is 0.307 e. The van der Waals surface area contributed by atoms with Gasteiger partial charge in [-0.25, -0.2) is 0 Å². The molecule has 1 atom stereocenters. The molecule has 0 bridgehead atoms. The van der Waals surface area contributed by atoms with Crippen LogP contribution in [-0.4, -0.2) is 16.2 Å². The lowest BCUT2D eigenvalue weighted by molar-refractivity contribution is -0.136. The van der Waals surface area contributed by atoms with Gasteiger partial charge in [-0.05, 0) is 42.3 Å². The summed E-state index contributed by atoms with van der Waals surface area (Å²) in [6.45, 7) is 2.00. The highest BCUT2D eigenvalue weighted by Crippen LogP contribution is 2.24. The third-order valence-corrected chi connectivity index (χ3v) is 3.63. The Hall–Kier alpha value is -1.85. The van der Waals surface area contributed by atoms with Crippen molar-refractivity contribution in [1.29, 1.82) is 0 Å². The quantitative estimate of drug-likeness (QED) is 0.819. The lowest BCUT2D eigenvalue weighted by atomic mass is 10.1. The van der Waals surface area contributed by atoms with E-state index in [2.05, 4.69) is 15.9 Å². The van der Waals surface area contributed by atoms with Crippen molar-refractivity contribution in [2.75, 3.05) is 0 Å². The fraction of sp³-hybridized carbons (Fsp3) is 0.235. The van der Waals surface area contributed by atoms with Crippen LogP contribution in [0.2, 0.25) is 0 Å². The zero-order valence-electron chi connectivity index (χ0n) is 12.1. The summed E-state index contributed by atoms with van der Waals surface area (Å²) in [5, 5.41) is 18.6. The summed E-state index contributed by atoms with van der Waals surface area (Å²) in [4.78, 5) is 10.9. The van der Waals surface area contributed by atoms with Crippen LogP contribution >= 0.6 is 15.9 Å². The third-order valence-electron chi connectivity index (χ3n) is 3.17. The topological polar surface area (TPSA) is 66.8 Å². The molecule has 2 rings (SSSR count). The van der Waals surface area contributed by atoms with Crippen LogP contribution in [0.15, 0.2) is 46.9 Å². The molecule has 2 aromatic carbocycles. The van der Waals surface area contributed by atoms with Crippen molar-refractivity contribution in [1.82, 2.24) is 0 Å². The third kappa shape index (κ3) is 4.58. The Balaban J connectivity index is 2.15. The van der Waals surface area contributed by atoms with E-state index in [1.165, 1.54) is 0 Å². The van der Waals surface area contributed by atoms with E-state index in [0.717, 1.165) is 15.6 Å². The van der Waals surface area contributed by atoms with Crippen molar-refractivity contribution in [2.24, 2.45) is 0 Å². The summed E-state index contributed by atoms with van der Waals surface area (Å²) in [5.41, 5.74) is 2.34. The number of aliphatic hydroxyl groups is 1. The molecule has 0 fully saturated rings. The minimum absolute atomic E-state index is 0.0758. The van der Waals surface area contributed by atoms with Crippen molar-refractivity contribution in [3.05, 3.63) is 63.6 Å². The van der Waals surface area contributed by atoms with Crippen molar-refractivity contribution in [3.63, 3.8) is 0 Å². The number of ether oxygens (including phenoxy) is 1. The molecule has 2 aromatic rings. The van der Waals surface area contributed by atoms with Gasteiger partial charge in [-0.15, -0.1) is 0 Å². The van der Waals surface area contributed by atoms with Crippen LogP contribution in [0.25, 0.3) is 0 Å². The van der Waals surface area contributed by atoms with E-state index in [4.69, 9.17) is 9.84 Å². The van der Waals surface area contributed by atoms with Gasteiger partial charge in [-0.1, -0.05) is 34.1 Å². The number of hydrogen-bond donors (Lipinski definition) is 2. The molecular formula is C17H17BrO4. The van der Waals surface area contributed by atoms with E-state index in [0.29, 0.717) is 17.9 Å². The van der Waals surface area contributed by atoms with Crippen molar-refractivity contribution in [2.45, 2.75) is 26.1 Å².